The third-order valence-electron chi connectivity index (χ3n) is 2.84. The predicted molar refractivity (Wildman–Crippen MR) is 61.7 cm³/mol. The van der Waals surface area contributed by atoms with Crippen LogP contribution in [0.3, 0.4) is 0 Å². The van der Waals surface area contributed by atoms with E-state index in [-0.39, 0.29) is 0 Å². The van der Waals surface area contributed by atoms with Gasteiger partial charge in [0.25, 0.3) is 0 Å². The van der Waals surface area contributed by atoms with Gasteiger partial charge in [-0.25, -0.2) is 4.98 Å². The van der Waals surface area contributed by atoms with E-state index >= 15 is 0 Å². The quantitative estimate of drug-likeness (QED) is 0.767. The third-order valence-corrected chi connectivity index (χ3v) is 2.84. The van der Waals surface area contributed by atoms with Gasteiger partial charge in [0.15, 0.2) is 0 Å². The topological polar surface area (TPSA) is 48.3 Å². The Morgan fingerprint density at radius 2 is 2.38 bits per heavy atom. The summed E-state index contributed by atoms with van der Waals surface area (Å²) >= 11 is 0. The second-order valence-corrected chi connectivity index (χ2v) is 3.92. The Kier molecular flexibility index (Phi) is 4.18. The first-order valence-electron chi connectivity index (χ1n) is 5.75. The molecule has 2 heterocycles. The molecule has 0 aromatic carbocycles. The minimum atomic E-state index is 0.515. The highest BCUT2D eigenvalue weighted by atomic mass is 16.5. The van der Waals surface area contributed by atoms with Gasteiger partial charge < -0.3 is 19.4 Å². The van der Waals surface area contributed by atoms with Crippen molar-refractivity contribution in [2.75, 3.05) is 38.8 Å². The summed E-state index contributed by atoms with van der Waals surface area (Å²) in [4.78, 5) is 4.32. The highest BCUT2D eigenvalue weighted by Crippen LogP contribution is 2.23. The van der Waals surface area contributed by atoms with Gasteiger partial charge in [0.05, 0.1) is 6.61 Å². The fourth-order valence-corrected chi connectivity index (χ4v) is 1.97. The van der Waals surface area contributed by atoms with Crippen LogP contribution >= 0.6 is 0 Å². The first-order chi connectivity index (χ1) is 7.92. The molecule has 1 aliphatic rings. The first kappa shape index (κ1) is 11.4. The summed E-state index contributed by atoms with van der Waals surface area (Å²) in [7, 11) is 1.70. The first-order valence-corrected chi connectivity index (χ1v) is 5.75. The van der Waals surface area contributed by atoms with Crippen LogP contribution in [-0.4, -0.2) is 43.0 Å². The van der Waals surface area contributed by atoms with Gasteiger partial charge in [0.1, 0.15) is 0 Å². The Bertz CT molecular complexity index is 308. The number of hydrogen-bond acceptors (Lipinski definition) is 4. The summed E-state index contributed by atoms with van der Waals surface area (Å²) in [5.41, 5.74) is 0. The van der Waals surface area contributed by atoms with E-state index in [9.17, 15) is 0 Å². The van der Waals surface area contributed by atoms with Crippen molar-refractivity contribution in [3.63, 3.8) is 0 Å². The van der Waals surface area contributed by atoms with Crippen molar-refractivity contribution in [2.45, 2.75) is 18.9 Å². The monoisotopic (exact) mass is 225 g/mol. The summed E-state index contributed by atoms with van der Waals surface area (Å²) in [5.74, 6) is 0.934. The molecular formula is C11H19N3O2. The molecule has 0 radical (unpaired) electrons. The van der Waals surface area contributed by atoms with Crippen LogP contribution in [0.2, 0.25) is 0 Å². The standard InChI is InChI=1S/C11H19N3O2/c1-15-9-5-13-11-12-4-6-14(11)10-2-7-16-8-3-10/h4,6,10H,2-3,5,7-9H2,1H3,(H,12,13). The van der Waals surface area contributed by atoms with Gasteiger partial charge in [0.2, 0.25) is 5.95 Å². The van der Waals surface area contributed by atoms with E-state index in [4.69, 9.17) is 9.47 Å². The van der Waals surface area contributed by atoms with Gasteiger partial charge in [-0.1, -0.05) is 0 Å². The number of ether oxygens (including phenoxy) is 2. The molecule has 0 atom stereocenters. The van der Waals surface area contributed by atoms with Crippen molar-refractivity contribution in [3.05, 3.63) is 12.4 Å². The Balaban J connectivity index is 1.94. The van der Waals surface area contributed by atoms with Gasteiger partial charge in [-0.15, -0.1) is 0 Å². The van der Waals surface area contributed by atoms with E-state index in [2.05, 4.69) is 14.9 Å². The summed E-state index contributed by atoms with van der Waals surface area (Å²) in [6, 6.07) is 0.515. The summed E-state index contributed by atoms with van der Waals surface area (Å²) in [6.45, 7) is 3.18. The predicted octanol–water partition coefficient (Wildman–Crippen LogP) is 1.29. The molecule has 1 N–H and O–H groups in total. The third kappa shape index (κ3) is 2.74. The molecule has 0 amide bonds. The van der Waals surface area contributed by atoms with Crippen molar-refractivity contribution in [3.8, 4) is 0 Å². The van der Waals surface area contributed by atoms with Crippen LogP contribution in [-0.2, 0) is 9.47 Å². The molecule has 1 fully saturated rings. The van der Waals surface area contributed by atoms with Gasteiger partial charge in [-0.3, -0.25) is 0 Å². The van der Waals surface area contributed by atoms with Crippen molar-refractivity contribution >= 4 is 5.95 Å². The second kappa shape index (κ2) is 5.86. The largest absolute Gasteiger partial charge is 0.383 e. The number of nitrogens with one attached hydrogen (secondary N) is 1. The number of nitrogens with zero attached hydrogens (tertiary/aromatic N) is 2. The smallest absolute Gasteiger partial charge is 0.203 e. The van der Waals surface area contributed by atoms with Crippen LogP contribution in [0.5, 0.6) is 0 Å². The van der Waals surface area contributed by atoms with Crippen LogP contribution in [0.1, 0.15) is 18.9 Å². The van der Waals surface area contributed by atoms with E-state index < -0.39 is 0 Å². The van der Waals surface area contributed by atoms with E-state index in [0.717, 1.165) is 38.5 Å². The molecule has 90 valence electrons. The zero-order valence-electron chi connectivity index (χ0n) is 9.69. The average Bonchev–Trinajstić information content (AvgIpc) is 2.79. The van der Waals surface area contributed by atoms with E-state index in [1.807, 2.05) is 12.4 Å². The van der Waals surface area contributed by atoms with Gasteiger partial charge in [-0.2, -0.15) is 0 Å². The van der Waals surface area contributed by atoms with Crippen molar-refractivity contribution in [1.82, 2.24) is 9.55 Å². The van der Waals surface area contributed by atoms with Crippen LogP contribution in [0, 0.1) is 0 Å². The summed E-state index contributed by atoms with van der Waals surface area (Å²) < 4.78 is 12.6. The molecular weight excluding hydrogens is 206 g/mol. The zero-order chi connectivity index (χ0) is 11.2. The molecule has 0 unspecified atom stereocenters. The Morgan fingerprint density at radius 3 is 3.12 bits per heavy atom. The maximum Gasteiger partial charge on any atom is 0.203 e. The summed E-state index contributed by atoms with van der Waals surface area (Å²) in [5, 5.41) is 3.28. The number of imidazole rings is 1. The molecule has 5 nitrogen and oxygen atoms in total. The highest BCUT2D eigenvalue weighted by molar-refractivity contribution is 5.26. The lowest BCUT2D eigenvalue weighted by molar-refractivity contribution is 0.0700. The van der Waals surface area contributed by atoms with Gasteiger partial charge in [0, 0.05) is 45.3 Å². The lowest BCUT2D eigenvalue weighted by Gasteiger charge is -2.25. The van der Waals surface area contributed by atoms with Crippen LogP contribution in [0.4, 0.5) is 5.95 Å². The Labute approximate surface area is 95.8 Å². The van der Waals surface area contributed by atoms with Crippen molar-refractivity contribution in [1.29, 1.82) is 0 Å². The second-order valence-electron chi connectivity index (χ2n) is 3.92. The minimum Gasteiger partial charge on any atom is -0.383 e. The number of methoxy groups -OCH3 is 1. The normalized spacial score (nSPS) is 17.6. The Hall–Kier alpha value is -1.07. The number of hydrogen-bond donors (Lipinski definition) is 1. The van der Waals surface area contributed by atoms with Crippen molar-refractivity contribution in [2.24, 2.45) is 0 Å². The molecule has 0 saturated carbocycles. The van der Waals surface area contributed by atoms with Crippen LogP contribution < -0.4 is 5.32 Å². The molecule has 1 aliphatic heterocycles. The molecule has 1 aromatic rings. The number of aromatic nitrogens is 2. The Morgan fingerprint density at radius 1 is 1.56 bits per heavy atom. The minimum absolute atomic E-state index is 0.515. The fourth-order valence-electron chi connectivity index (χ4n) is 1.97. The van der Waals surface area contributed by atoms with E-state index in [1.165, 1.54) is 0 Å². The number of rotatable bonds is 5. The van der Waals surface area contributed by atoms with E-state index in [1.54, 1.807) is 7.11 Å². The van der Waals surface area contributed by atoms with Crippen LogP contribution in [0.15, 0.2) is 12.4 Å². The SMILES string of the molecule is COCCNc1nccn1C1CCOCC1. The molecule has 0 aliphatic carbocycles. The van der Waals surface area contributed by atoms with E-state index in [0.29, 0.717) is 12.6 Å². The molecule has 0 spiro atoms. The molecule has 1 saturated heterocycles. The molecule has 16 heavy (non-hydrogen) atoms. The summed E-state index contributed by atoms with van der Waals surface area (Å²) in [6.07, 6.45) is 6.00. The van der Waals surface area contributed by atoms with Gasteiger partial charge >= 0.3 is 0 Å². The molecule has 2 rings (SSSR count). The maximum absolute atomic E-state index is 5.36. The zero-order valence-corrected chi connectivity index (χ0v) is 9.69. The van der Waals surface area contributed by atoms with Crippen LogP contribution in [0.25, 0.3) is 0 Å². The van der Waals surface area contributed by atoms with Crippen molar-refractivity contribution < 1.29 is 9.47 Å². The average molecular weight is 225 g/mol. The maximum atomic E-state index is 5.36. The molecule has 0 bridgehead atoms. The highest BCUT2D eigenvalue weighted by Gasteiger charge is 2.17. The van der Waals surface area contributed by atoms with Gasteiger partial charge in [-0.05, 0) is 12.8 Å². The molecule has 1 aromatic heterocycles. The fraction of sp³-hybridized carbons (Fsp3) is 0.727. The lowest BCUT2D eigenvalue weighted by Crippen LogP contribution is -2.21. The molecule has 5 heteroatoms. The number of anilines is 1. The lowest BCUT2D eigenvalue weighted by atomic mass is 10.1.